The van der Waals surface area contributed by atoms with Gasteiger partial charge in [0.25, 0.3) is 0 Å². The third-order valence-electron chi connectivity index (χ3n) is 1.67. The monoisotopic (exact) mass is 177 g/mol. The van der Waals surface area contributed by atoms with Crippen molar-refractivity contribution >= 4 is 5.84 Å². The highest BCUT2D eigenvalue weighted by atomic mass is 16.3. The van der Waals surface area contributed by atoms with E-state index in [9.17, 15) is 5.11 Å². The van der Waals surface area contributed by atoms with Gasteiger partial charge in [0, 0.05) is 0 Å². The predicted octanol–water partition coefficient (Wildman–Crippen LogP) is 1.27. The van der Waals surface area contributed by atoms with Crippen molar-refractivity contribution in [2.24, 2.45) is 15.2 Å². The molecular formula is C8H7N3O2. The fourth-order valence-corrected chi connectivity index (χ4v) is 1.07. The molecule has 5 heteroatoms. The molecular weight excluding hydrogens is 170 g/mol. The first-order valence-corrected chi connectivity index (χ1v) is 3.71. The van der Waals surface area contributed by atoms with E-state index >= 15 is 0 Å². The molecule has 13 heavy (non-hydrogen) atoms. The molecule has 0 bridgehead atoms. The molecule has 1 heterocycles. The summed E-state index contributed by atoms with van der Waals surface area (Å²) in [6, 6.07) is 4.19. The Kier molecular flexibility index (Phi) is 1.70. The quantitative estimate of drug-likeness (QED) is 0.633. The Morgan fingerprint density at radius 3 is 2.77 bits per heavy atom. The normalized spacial score (nSPS) is 14.6. The van der Waals surface area contributed by atoms with Crippen LogP contribution in [0.4, 0.5) is 0 Å². The van der Waals surface area contributed by atoms with Crippen LogP contribution in [0.2, 0.25) is 0 Å². The van der Waals surface area contributed by atoms with E-state index < -0.39 is 0 Å². The van der Waals surface area contributed by atoms with Crippen LogP contribution in [0.15, 0.2) is 33.4 Å². The molecule has 1 aromatic carbocycles. The van der Waals surface area contributed by atoms with E-state index in [1.807, 2.05) is 0 Å². The second kappa shape index (κ2) is 2.85. The Bertz CT molecular complexity index is 398. The smallest absolute Gasteiger partial charge is 0.182 e. The number of aliphatic imine (C=N–C) groups is 1. The zero-order chi connectivity index (χ0) is 9.26. The summed E-state index contributed by atoms with van der Waals surface area (Å²) >= 11 is 0. The Morgan fingerprint density at radius 2 is 2.08 bits per heavy atom. The average molecular weight is 177 g/mol. The minimum atomic E-state index is 0.0393. The van der Waals surface area contributed by atoms with Crippen molar-refractivity contribution in [3.8, 4) is 11.5 Å². The summed E-state index contributed by atoms with van der Waals surface area (Å²) < 4.78 is 0. The molecule has 1 aliphatic heterocycles. The van der Waals surface area contributed by atoms with Gasteiger partial charge in [-0.1, -0.05) is 0 Å². The number of hydrogen-bond acceptors (Lipinski definition) is 5. The molecule has 1 aromatic rings. The Hall–Kier alpha value is -1.91. The van der Waals surface area contributed by atoms with Crippen molar-refractivity contribution in [2.75, 3.05) is 6.67 Å². The van der Waals surface area contributed by atoms with Gasteiger partial charge in [0.2, 0.25) is 0 Å². The van der Waals surface area contributed by atoms with Gasteiger partial charge in [-0.15, -0.1) is 5.11 Å². The SMILES string of the molecule is Oc1ccc(O)c(C2=NCN=N2)c1. The predicted molar refractivity (Wildman–Crippen MR) is 46.0 cm³/mol. The Balaban J connectivity index is 2.50. The summed E-state index contributed by atoms with van der Waals surface area (Å²) in [5, 5.41) is 25.9. The molecule has 0 fully saturated rings. The van der Waals surface area contributed by atoms with Crippen molar-refractivity contribution in [1.29, 1.82) is 0 Å². The van der Waals surface area contributed by atoms with Gasteiger partial charge >= 0.3 is 0 Å². The number of phenols is 2. The van der Waals surface area contributed by atoms with Crippen molar-refractivity contribution in [2.45, 2.75) is 0 Å². The van der Waals surface area contributed by atoms with Gasteiger partial charge in [0.05, 0.1) is 5.56 Å². The molecule has 0 unspecified atom stereocenters. The van der Waals surface area contributed by atoms with Crippen LogP contribution in [0.25, 0.3) is 0 Å². The summed E-state index contributed by atoms with van der Waals surface area (Å²) in [5.41, 5.74) is 0.404. The zero-order valence-electron chi connectivity index (χ0n) is 6.68. The van der Waals surface area contributed by atoms with E-state index in [1.54, 1.807) is 0 Å². The molecule has 0 spiro atoms. The van der Waals surface area contributed by atoms with Crippen LogP contribution in [0, 0.1) is 0 Å². The summed E-state index contributed by atoms with van der Waals surface area (Å²) in [6.07, 6.45) is 0. The largest absolute Gasteiger partial charge is 0.508 e. The number of hydrogen-bond donors (Lipinski definition) is 2. The van der Waals surface area contributed by atoms with Gasteiger partial charge in [0.15, 0.2) is 12.5 Å². The number of rotatable bonds is 1. The molecule has 66 valence electrons. The Labute approximate surface area is 74.1 Å². The molecule has 0 saturated carbocycles. The van der Waals surface area contributed by atoms with Gasteiger partial charge in [-0.25, -0.2) is 4.99 Å². The molecule has 0 saturated heterocycles. The van der Waals surface area contributed by atoms with Gasteiger partial charge in [-0.3, -0.25) is 0 Å². The zero-order valence-corrected chi connectivity index (χ0v) is 6.68. The fourth-order valence-electron chi connectivity index (χ4n) is 1.07. The van der Waals surface area contributed by atoms with Crippen molar-refractivity contribution in [1.82, 2.24) is 0 Å². The highest BCUT2D eigenvalue weighted by molar-refractivity contribution is 6.02. The highest BCUT2D eigenvalue weighted by Crippen LogP contribution is 2.24. The molecule has 5 nitrogen and oxygen atoms in total. The Morgan fingerprint density at radius 1 is 1.23 bits per heavy atom. The number of benzene rings is 1. The molecule has 0 aliphatic carbocycles. The van der Waals surface area contributed by atoms with E-state index in [4.69, 9.17) is 5.11 Å². The van der Waals surface area contributed by atoms with Crippen LogP contribution in [-0.4, -0.2) is 22.7 Å². The molecule has 0 aromatic heterocycles. The lowest BCUT2D eigenvalue weighted by molar-refractivity contribution is 0.459. The maximum absolute atomic E-state index is 9.40. The second-order valence-corrected chi connectivity index (χ2v) is 2.57. The third-order valence-corrected chi connectivity index (χ3v) is 1.67. The summed E-state index contributed by atoms with van der Waals surface area (Å²) in [6.45, 7) is 0.282. The minimum Gasteiger partial charge on any atom is -0.508 e. The van der Waals surface area contributed by atoms with Crippen molar-refractivity contribution in [3.05, 3.63) is 23.8 Å². The number of amidine groups is 1. The lowest BCUT2D eigenvalue weighted by Gasteiger charge is -2.00. The van der Waals surface area contributed by atoms with Crippen LogP contribution in [-0.2, 0) is 0 Å². The first kappa shape index (κ1) is 7.72. The first-order valence-electron chi connectivity index (χ1n) is 3.71. The average Bonchev–Trinajstić information content (AvgIpc) is 2.61. The summed E-state index contributed by atoms with van der Waals surface area (Å²) in [4.78, 5) is 3.92. The number of aromatic hydroxyl groups is 2. The van der Waals surface area contributed by atoms with Crippen LogP contribution in [0.5, 0.6) is 11.5 Å². The number of phenolic OH excluding ortho intramolecular Hbond substituents is 2. The third kappa shape index (κ3) is 1.35. The maximum Gasteiger partial charge on any atom is 0.182 e. The lowest BCUT2D eigenvalue weighted by Crippen LogP contribution is -1.93. The van der Waals surface area contributed by atoms with Gasteiger partial charge < -0.3 is 10.2 Å². The van der Waals surface area contributed by atoms with E-state index in [0.717, 1.165) is 0 Å². The number of azo groups is 1. The van der Waals surface area contributed by atoms with Crippen LogP contribution >= 0.6 is 0 Å². The van der Waals surface area contributed by atoms with Crippen LogP contribution in [0.3, 0.4) is 0 Å². The topological polar surface area (TPSA) is 77.5 Å². The van der Waals surface area contributed by atoms with Gasteiger partial charge in [-0.2, -0.15) is 5.11 Å². The molecule has 0 atom stereocenters. The molecule has 2 rings (SSSR count). The maximum atomic E-state index is 9.40. The molecule has 0 radical (unpaired) electrons. The molecule has 2 N–H and O–H groups in total. The van der Waals surface area contributed by atoms with Crippen molar-refractivity contribution in [3.63, 3.8) is 0 Å². The summed E-state index contributed by atoms with van der Waals surface area (Å²) in [7, 11) is 0. The number of nitrogens with zero attached hydrogens (tertiary/aromatic N) is 3. The summed E-state index contributed by atoms with van der Waals surface area (Å²) in [5.74, 6) is 0.461. The van der Waals surface area contributed by atoms with Crippen LogP contribution in [0.1, 0.15) is 5.56 Å². The van der Waals surface area contributed by atoms with E-state index in [1.165, 1.54) is 18.2 Å². The van der Waals surface area contributed by atoms with E-state index in [2.05, 4.69) is 15.2 Å². The lowest BCUT2D eigenvalue weighted by atomic mass is 10.2. The minimum absolute atomic E-state index is 0.0393. The highest BCUT2D eigenvalue weighted by Gasteiger charge is 2.11. The second-order valence-electron chi connectivity index (χ2n) is 2.57. The fraction of sp³-hybridized carbons (Fsp3) is 0.125. The van der Waals surface area contributed by atoms with E-state index in [-0.39, 0.29) is 18.2 Å². The van der Waals surface area contributed by atoms with Gasteiger partial charge in [0.1, 0.15) is 11.5 Å². The van der Waals surface area contributed by atoms with Gasteiger partial charge in [-0.05, 0) is 18.2 Å². The molecule has 0 amide bonds. The van der Waals surface area contributed by atoms with Crippen LogP contribution < -0.4 is 0 Å². The standard InChI is InChI=1S/C8H7N3O2/c12-5-1-2-7(13)6(3-5)8-9-4-10-11-8/h1-3,12-13H,4H2. The first-order chi connectivity index (χ1) is 6.27. The van der Waals surface area contributed by atoms with E-state index in [0.29, 0.717) is 11.4 Å². The molecule has 1 aliphatic rings. The van der Waals surface area contributed by atoms with Crippen molar-refractivity contribution < 1.29 is 10.2 Å².